The van der Waals surface area contributed by atoms with E-state index < -0.39 is 0 Å². The quantitative estimate of drug-likeness (QED) is 0.862. The maximum atomic E-state index is 11.7. The molecule has 2 aromatic rings. The number of aromatic nitrogens is 3. The molecule has 0 saturated heterocycles. The summed E-state index contributed by atoms with van der Waals surface area (Å²) in [6.45, 7) is 0.498. The van der Waals surface area contributed by atoms with Gasteiger partial charge in [0.25, 0.3) is 5.91 Å². The highest BCUT2D eigenvalue weighted by molar-refractivity contribution is 6.33. The molecule has 2 heterocycles. The molecule has 88 valence electrons. The standard InChI is InChI=1S/C11H11ClN4O/c12-9-1-3-13-7-8(9)11(17)16-4-2-10-14-5-6-15-10/h1,3,5-7H,2,4H2,(H,14,15)(H,16,17). The fourth-order valence-electron chi connectivity index (χ4n) is 1.37. The number of hydrogen-bond donors (Lipinski definition) is 2. The Balaban J connectivity index is 1.88. The van der Waals surface area contributed by atoms with Crippen molar-refractivity contribution in [1.29, 1.82) is 0 Å². The minimum absolute atomic E-state index is 0.227. The molecule has 6 heteroatoms. The van der Waals surface area contributed by atoms with Crippen molar-refractivity contribution in [3.63, 3.8) is 0 Å². The van der Waals surface area contributed by atoms with E-state index in [1.807, 2.05) is 0 Å². The number of carbonyl (C=O) groups excluding carboxylic acids is 1. The van der Waals surface area contributed by atoms with Crippen LogP contribution >= 0.6 is 11.6 Å². The summed E-state index contributed by atoms with van der Waals surface area (Å²) in [5.41, 5.74) is 0.383. The maximum Gasteiger partial charge on any atom is 0.254 e. The molecule has 0 spiro atoms. The number of hydrogen-bond acceptors (Lipinski definition) is 3. The average Bonchev–Trinajstić information content (AvgIpc) is 2.82. The van der Waals surface area contributed by atoms with E-state index in [4.69, 9.17) is 11.6 Å². The van der Waals surface area contributed by atoms with Crippen LogP contribution in [-0.4, -0.2) is 27.4 Å². The van der Waals surface area contributed by atoms with Crippen LogP contribution in [0.15, 0.2) is 30.9 Å². The van der Waals surface area contributed by atoms with Crippen molar-refractivity contribution in [3.05, 3.63) is 47.3 Å². The summed E-state index contributed by atoms with van der Waals surface area (Å²) in [4.78, 5) is 22.6. The molecule has 0 aromatic carbocycles. The second kappa shape index (κ2) is 5.45. The van der Waals surface area contributed by atoms with Gasteiger partial charge in [0.05, 0.1) is 10.6 Å². The van der Waals surface area contributed by atoms with E-state index in [-0.39, 0.29) is 5.91 Å². The minimum Gasteiger partial charge on any atom is -0.351 e. The summed E-state index contributed by atoms with van der Waals surface area (Å²) < 4.78 is 0. The van der Waals surface area contributed by atoms with Crippen LogP contribution in [0.1, 0.15) is 16.2 Å². The maximum absolute atomic E-state index is 11.7. The summed E-state index contributed by atoms with van der Waals surface area (Å²) in [7, 11) is 0. The van der Waals surface area contributed by atoms with Gasteiger partial charge in [-0.3, -0.25) is 9.78 Å². The predicted octanol–water partition coefficient (Wildman–Crippen LogP) is 1.43. The van der Waals surface area contributed by atoms with Gasteiger partial charge in [-0.15, -0.1) is 0 Å². The van der Waals surface area contributed by atoms with Crippen molar-refractivity contribution in [1.82, 2.24) is 20.3 Å². The Hall–Kier alpha value is -1.88. The lowest BCUT2D eigenvalue weighted by molar-refractivity contribution is 0.0954. The molecule has 0 aliphatic heterocycles. The van der Waals surface area contributed by atoms with Crippen molar-refractivity contribution < 1.29 is 4.79 Å². The molecule has 5 nitrogen and oxygen atoms in total. The zero-order chi connectivity index (χ0) is 12.1. The Morgan fingerprint density at radius 3 is 3.06 bits per heavy atom. The fraction of sp³-hybridized carbons (Fsp3) is 0.182. The van der Waals surface area contributed by atoms with Gasteiger partial charge in [-0.1, -0.05) is 11.6 Å². The molecule has 1 amide bonds. The van der Waals surface area contributed by atoms with E-state index >= 15 is 0 Å². The molecule has 17 heavy (non-hydrogen) atoms. The van der Waals surface area contributed by atoms with Crippen LogP contribution in [0.2, 0.25) is 5.02 Å². The summed E-state index contributed by atoms with van der Waals surface area (Å²) >= 11 is 5.88. The third-order valence-electron chi connectivity index (χ3n) is 2.21. The van der Waals surface area contributed by atoms with Gasteiger partial charge < -0.3 is 10.3 Å². The van der Waals surface area contributed by atoms with E-state index in [1.165, 1.54) is 6.20 Å². The number of aromatic amines is 1. The van der Waals surface area contributed by atoms with Gasteiger partial charge >= 0.3 is 0 Å². The molecule has 0 unspecified atom stereocenters. The van der Waals surface area contributed by atoms with Crippen LogP contribution < -0.4 is 5.32 Å². The molecular weight excluding hydrogens is 240 g/mol. The molecule has 0 atom stereocenters. The van der Waals surface area contributed by atoms with E-state index in [0.29, 0.717) is 23.6 Å². The van der Waals surface area contributed by atoms with Crippen LogP contribution in [0.5, 0.6) is 0 Å². The van der Waals surface area contributed by atoms with Gasteiger partial charge in [0.1, 0.15) is 5.82 Å². The Bertz CT molecular complexity index is 498. The Kier molecular flexibility index (Phi) is 3.72. The van der Waals surface area contributed by atoms with Crippen molar-refractivity contribution in [3.8, 4) is 0 Å². The second-order valence-corrected chi connectivity index (χ2v) is 3.80. The molecule has 0 saturated carbocycles. The van der Waals surface area contributed by atoms with E-state index in [0.717, 1.165) is 5.82 Å². The number of pyridine rings is 1. The molecule has 0 aliphatic rings. The molecule has 2 aromatic heterocycles. The second-order valence-electron chi connectivity index (χ2n) is 3.40. The molecule has 0 aliphatic carbocycles. The highest BCUT2D eigenvalue weighted by Crippen LogP contribution is 2.12. The monoisotopic (exact) mass is 250 g/mol. The van der Waals surface area contributed by atoms with Crippen LogP contribution in [0.4, 0.5) is 0 Å². The lowest BCUT2D eigenvalue weighted by Crippen LogP contribution is -2.26. The van der Waals surface area contributed by atoms with Gasteiger partial charge in [-0.05, 0) is 6.07 Å². The van der Waals surface area contributed by atoms with Gasteiger partial charge in [0.2, 0.25) is 0 Å². The molecule has 0 radical (unpaired) electrons. The number of amides is 1. The number of nitrogens with one attached hydrogen (secondary N) is 2. The lowest BCUT2D eigenvalue weighted by Gasteiger charge is -2.04. The number of imidazole rings is 1. The van der Waals surface area contributed by atoms with Crippen LogP contribution in [0.3, 0.4) is 0 Å². The van der Waals surface area contributed by atoms with Gasteiger partial charge in [0.15, 0.2) is 0 Å². The molecule has 2 rings (SSSR count). The first kappa shape index (κ1) is 11.6. The number of H-pyrrole nitrogens is 1. The normalized spacial score (nSPS) is 10.2. The molecular formula is C11H11ClN4O. The largest absolute Gasteiger partial charge is 0.351 e. The highest BCUT2D eigenvalue weighted by Gasteiger charge is 2.09. The predicted molar refractivity (Wildman–Crippen MR) is 63.9 cm³/mol. The highest BCUT2D eigenvalue weighted by atomic mass is 35.5. The minimum atomic E-state index is -0.227. The average molecular weight is 251 g/mol. The third kappa shape index (κ3) is 3.04. The number of halogens is 1. The summed E-state index contributed by atoms with van der Waals surface area (Å²) in [6.07, 6.45) is 7.06. The smallest absolute Gasteiger partial charge is 0.254 e. The lowest BCUT2D eigenvalue weighted by atomic mass is 10.2. The van der Waals surface area contributed by atoms with Crippen molar-refractivity contribution in [2.24, 2.45) is 0 Å². The summed E-state index contributed by atoms with van der Waals surface area (Å²) in [5, 5.41) is 3.15. The molecule has 0 fully saturated rings. The topological polar surface area (TPSA) is 70.7 Å². The van der Waals surface area contributed by atoms with E-state index in [1.54, 1.807) is 24.7 Å². The van der Waals surface area contributed by atoms with Crippen LogP contribution in [-0.2, 0) is 6.42 Å². The number of nitrogens with zero attached hydrogens (tertiary/aromatic N) is 2. The first-order valence-corrected chi connectivity index (χ1v) is 5.51. The first-order valence-electron chi connectivity index (χ1n) is 5.13. The Morgan fingerprint density at radius 1 is 1.47 bits per heavy atom. The fourth-order valence-corrected chi connectivity index (χ4v) is 1.56. The van der Waals surface area contributed by atoms with Crippen molar-refractivity contribution in [2.45, 2.75) is 6.42 Å². The first-order chi connectivity index (χ1) is 8.27. The zero-order valence-corrected chi connectivity index (χ0v) is 9.74. The zero-order valence-electron chi connectivity index (χ0n) is 8.98. The summed E-state index contributed by atoms with van der Waals surface area (Å²) in [5.74, 6) is 0.609. The third-order valence-corrected chi connectivity index (χ3v) is 2.54. The number of carbonyl (C=O) groups is 1. The molecule has 2 N–H and O–H groups in total. The van der Waals surface area contributed by atoms with Gasteiger partial charge in [-0.25, -0.2) is 4.98 Å². The van der Waals surface area contributed by atoms with E-state index in [2.05, 4.69) is 20.3 Å². The number of rotatable bonds is 4. The van der Waals surface area contributed by atoms with Crippen molar-refractivity contribution in [2.75, 3.05) is 6.54 Å². The molecule has 0 bridgehead atoms. The SMILES string of the molecule is O=C(NCCc1ncc[nH]1)c1cnccc1Cl. The van der Waals surface area contributed by atoms with Crippen LogP contribution in [0, 0.1) is 0 Å². The van der Waals surface area contributed by atoms with Gasteiger partial charge in [-0.2, -0.15) is 0 Å². The van der Waals surface area contributed by atoms with Crippen LogP contribution in [0.25, 0.3) is 0 Å². The van der Waals surface area contributed by atoms with Crippen molar-refractivity contribution >= 4 is 17.5 Å². The Morgan fingerprint density at radius 2 is 2.35 bits per heavy atom. The van der Waals surface area contributed by atoms with E-state index in [9.17, 15) is 4.79 Å². The van der Waals surface area contributed by atoms with Gasteiger partial charge in [0, 0.05) is 37.8 Å². The summed E-state index contributed by atoms with van der Waals surface area (Å²) in [6, 6.07) is 1.59. The Labute approximate surface area is 103 Å².